The summed E-state index contributed by atoms with van der Waals surface area (Å²) in [6.07, 6.45) is 0. The standard InChI is InChI=1S/C3H9N.H5O10P3/c1-4(2)3;1-11(2,3)9-13(7,8)10-12(4,5)6/h1-3H3;(H,7,8)(H2,1,2,3)(H2,4,5,6). The molecule has 0 atom stereocenters. The topological polar surface area (TPSA) is 174 Å². The van der Waals surface area contributed by atoms with Crippen molar-refractivity contribution in [3.05, 3.63) is 0 Å². The molecule has 0 aliphatic heterocycles. The van der Waals surface area contributed by atoms with Crippen molar-refractivity contribution in [2.24, 2.45) is 0 Å². The molecule has 11 nitrogen and oxygen atoms in total. The minimum absolute atomic E-state index is 2.00. The van der Waals surface area contributed by atoms with Crippen molar-refractivity contribution >= 4 is 23.5 Å². The molecule has 0 amide bonds. The largest absolute Gasteiger partial charge is 0.490 e. The average Bonchev–Trinajstić information content (AvgIpc) is 1.68. The summed E-state index contributed by atoms with van der Waals surface area (Å²) < 4.78 is 36.4. The maximum Gasteiger partial charge on any atom is 0.490 e. The minimum Gasteiger partial charge on any atom is -0.312 e. The van der Waals surface area contributed by atoms with Crippen molar-refractivity contribution < 1.29 is 46.8 Å². The molecule has 0 aromatic rings. The van der Waals surface area contributed by atoms with Gasteiger partial charge in [0.25, 0.3) is 0 Å². The van der Waals surface area contributed by atoms with E-state index < -0.39 is 23.5 Å². The fourth-order valence-electron chi connectivity index (χ4n) is 0.284. The average molecular weight is 317 g/mol. The number of nitrogens with zero attached hydrogens (tertiary/aromatic N) is 1. The van der Waals surface area contributed by atoms with Crippen LogP contribution < -0.4 is 0 Å². The van der Waals surface area contributed by atoms with E-state index in [0.29, 0.717) is 0 Å². The highest BCUT2D eigenvalue weighted by molar-refractivity contribution is 7.66. The predicted octanol–water partition coefficient (Wildman–Crippen LogP) is -0.517. The summed E-state index contributed by atoms with van der Waals surface area (Å²) in [5.41, 5.74) is 0. The molecular formula is C3H14NO10P3. The summed E-state index contributed by atoms with van der Waals surface area (Å²) in [5, 5.41) is 0. The van der Waals surface area contributed by atoms with Crippen molar-refractivity contribution in [2.45, 2.75) is 0 Å². The summed E-state index contributed by atoms with van der Waals surface area (Å²) in [5.74, 6) is 0. The first-order valence-corrected chi connectivity index (χ1v) is 8.18. The van der Waals surface area contributed by atoms with Crippen LogP contribution in [0, 0.1) is 0 Å². The van der Waals surface area contributed by atoms with Crippen LogP contribution in [0.2, 0.25) is 0 Å². The number of hydrogen-bond acceptors (Lipinski definition) is 6. The van der Waals surface area contributed by atoms with E-state index >= 15 is 0 Å². The molecule has 14 heteroatoms. The summed E-state index contributed by atoms with van der Waals surface area (Å²) in [7, 11) is -10.2. The van der Waals surface area contributed by atoms with Crippen LogP contribution in [-0.4, -0.2) is 50.5 Å². The molecule has 0 aliphatic rings. The first-order valence-electron chi connectivity index (χ1n) is 3.62. The Kier molecular flexibility index (Phi) is 8.21. The fourth-order valence-corrected chi connectivity index (χ4v) is 2.82. The van der Waals surface area contributed by atoms with E-state index in [0.717, 1.165) is 0 Å². The Morgan fingerprint density at radius 2 is 0.941 bits per heavy atom. The predicted molar refractivity (Wildman–Crippen MR) is 55.7 cm³/mol. The van der Waals surface area contributed by atoms with Crippen LogP contribution in [0.4, 0.5) is 0 Å². The van der Waals surface area contributed by atoms with E-state index in [1.54, 1.807) is 0 Å². The molecule has 0 fully saturated rings. The van der Waals surface area contributed by atoms with Crippen molar-refractivity contribution in [1.29, 1.82) is 0 Å². The number of hydrogen-bond donors (Lipinski definition) is 5. The van der Waals surface area contributed by atoms with Gasteiger partial charge in [-0.25, -0.2) is 13.7 Å². The van der Waals surface area contributed by atoms with Gasteiger partial charge < -0.3 is 29.4 Å². The normalized spacial score (nSPS) is 13.2. The fraction of sp³-hybridized carbons (Fsp3) is 1.00. The van der Waals surface area contributed by atoms with Gasteiger partial charge in [0.2, 0.25) is 0 Å². The maximum absolute atomic E-state index is 10.4. The second kappa shape index (κ2) is 7.08. The molecule has 0 aromatic carbocycles. The van der Waals surface area contributed by atoms with Crippen LogP contribution in [0.5, 0.6) is 0 Å². The molecule has 0 unspecified atom stereocenters. The third-order valence-electron chi connectivity index (χ3n) is 0.419. The monoisotopic (exact) mass is 317 g/mol. The number of phosphoric acid groups is 3. The second-order valence-corrected chi connectivity index (χ2v) is 7.16. The zero-order chi connectivity index (χ0) is 14.5. The Morgan fingerprint density at radius 1 is 0.765 bits per heavy atom. The van der Waals surface area contributed by atoms with Gasteiger partial charge in [0.05, 0.1) is 0 Å². The van der Waals surface area contributed by atoms with Gasteiger partial charge in [-0.05, 0) is 21.1 Å². The highest BCUT2D eigenvalue weighted by atomic mass is 31.3. The number of rotatable bonds is 4. The minimum atomic E-state index is -5.46. The maximum atomic E-state index is 10.4. The van der Waals surface area contributed by atoms with Gasteiger partial charge in [-0.15, -0.1) is 0 Å². The quantitative estimate of drug-likeness (QED) is 0.422. The highest BCUT2D eigenvalue weighted by Gasteiger charge is 2.38. The van der Waals surface area contributed by atoms with Gasteiger partial charge in [0.1, 0.15) is 0 Å². The molecule has 0 radical (unpaired) electrons. The third-order valence-corrected chi connectivity index (χ3v) is 3.77. The summed E-state index contributed by atoms with van der Waals surface area (Å²) >= 11 is 0. The van der Waals surface area contributed by atoms with Crippen LogP contribution in [-0.2, 0) is 22.3 Å². The molecular weight excluding hydrogens is 303 g/mol. The highest BCUT2D eigenvalue weighted by Crippen LogP contribution is 2.64. The Bertz CT molecular complexity index is 323. The molecule has 0 rings (SSSR count). The van der Waals surface area contributed by atoms with E-state index in [1.807, 2.05) is 26.0 Å². The lowest BCUT2D eigenvalue weighted by Crippen LogP contribution is -1.99. The molecule has 17 heavy (non-hydrogen) atoms. The Hall–Kier alpha value is 0.370. The zero-order valence-corrected chi connectivity index (χ0v) is 11.7. The lowest BCUT2D eigenvalue weighted by Gasteiger charge is -2.11. The Balaban J connectivity index is 0. The van der Waals surface area contributed by atoms with Gasteiger partial charge in [0, 0.05) is 0 Å². The van der Waals surface area contributed by atoms with E-state index in [-0.39, 0.29) is 0 Å². The van der Waals surface area contributed by atoms with Crippen molar-refractivity contribution in [3.63, 3.8) is 0 Å². The lowest BCUT2D eigenvalue weighted by molar-refractivity contribution is 0.204. The Morgan fingerprint density at radius 3 is 1.06 bits per heavy atom. The summed E-state index contributed by atoms with van der Waals surface area (Å²) in [6, 6.07) is 0. The summed E-state index contributed by atoms with van der Waals surface area (Å²) in [6.45, 7) is 0. The van der Waals surface area contributed by atoms with E-state index in [2.05, 4.69) is 8.62 Å². The molecule has 0 spiro atoms. The third kappa shape index (κ3) is 22.1. The van der Waals surface area contributed by atoms with Crippen molar-refractivity contribution in [3.8, 4) is 0 Å². The molecule has 0 saturated carbocycles. The van der Waals surface area contributed by atoms with Crippen LogP contribution in [0.25, 0.3) is 0 Å². The molecule has 0 aromatic heterocycles. The van der Waals surface area contributed by atoms with Gasteiger partial charge in [-0.2, -0.15) is 8.62 Å². The SMILES string of the molecule is CN(C)C.O=P(O)(O)OP(=O)(O)OP(=O)(O)O. The summed E-state index contributed by atoms with van der Waals surface area (Å²) in [4.78, 5) is 42.2. The van der Waals surface area contributed by atoms with Gasteiger partial charge in [0.15, 0.2) is 0 Å². The van der Waals surface area contributed by atoms with E-state index in [9.17, 15) is 13.7 Å². The molecule has 0 bridgehead atoms. The molecule has 106 valence electrons. The lowest BCUT2D eigenvalue weighted by atomic mass is 11.0. The van der Waals surface area contributed by atoms with Crippen LogP contribution in [0.3, 0.4) is 0 Å². The van der Waals surface area contributed by atoms with Gasteiger partial charge in [-0.3, -0.25) is 0 Å². The zero-order valence-electron chi connectivity index (χ0n) is 9.07. The van der Waals surface area contributed by atoms with Gasteiger partial charge >= 0.3 is 23.5 Å². The first kappa shape index (κ1) is 19.7. The molecule has 5 N–H and O–H groups in total. The van der Waals surface area contributed by atoms with E-state index in [1.165, 1.54) is 0 Å². The molecule has 0 heterocycles. The molecule has 0 aliphatic carbocycles. The van der Waals surface area contributed by atoms with Crippen molar-refractivity contribution in [2.75, 3.05) is 21.1 Å². The second-order valence-electron chi connectivity index (χ2n) is 2.95. The van der Waals surface area contributed by atoms with E-state index in [4.69, 9.17) is 24.5 Å². The smallest absolute Gasteiger partial charge is 0.312 e. The molecule has 0 saturated heterocycles. The van der Waals surface area contributed by atoms with Crippen LogP contribution in [0.15, 0.2) is 0 Å². The van der Waals surface area contributed by atoms with Crippen molar-refractivity contribution in [1.82, 2.24) is 4.90 Å². The van der Waals surface area contributed by atoms with Gasteiger partial charge in [-0.1, -0.05) is 0 Å². The van der Waals surface area contributed by atoms with Crippen LogP contribution >= 0.6 is 23.5 Å². The van der Waals surface area contributed by atoms with Crippen LogP contribution in [0.1, 0.15) is 0 Å². The first-order chi connectivity index (χ1) is 7.15. The Labute approximate surface area is 97.1 Å².